The predicted molar refractivity (Wildman–Crippen MR) is 91.1 cm³/mol. The average molecular weight is 311 g/mol. The number of ether oxygens (including phenoxy) is 2. The molecule has 0 spiro atoms. The standard InChI is InChI=1S/C18H21N3O2/c1-20(2)12-14-18(19-17-7-5-6-10-21(14)17)13-8-9-15(22-3)16(11-13)23-4/h5-11H,12H2,1-4H3. The second-order valence-electron chi connectivity index (χ2n) is 5.64. The Morgan fingerprint density at radius 2 is 1.83 bits per heavy atom. The minimum Gasteiger partial charge on any atom is -0.493 e. The molecule has 0 atom stereocenters. The van der Waals surface area contributed by atoms with Gasteiger partial charge in [0.2, 0.25) is 0 Å². The molecule has 0 N–H and O–H groups in total. The molecule has 0 saturated carbocycles. The number of hydrogen-bond acceptors (Lipinski definition) is 4. The summed E-state index contributed by atoms with van der Waals surface area (Å²) in [5.41, 5.74) is 4.07. The van der Waals surface area contributed by atoms with E-state index in [0.29, 0.717) is 11.5 Å². The van der Waals surface area contributed by atoms with Gasteiger partial charge in [0, 0.05) is 18.3 Å². The first kappa shape index (κ1) is 15.4. The lowest BCUT2D eigenvalue weighted by Crippen LogP contribution is -2.13. The van der Waals surface area contributed by atoms with E-state index in [1.54, 1.807) is 14.2 Å². The van der Waals surface area contributed by atoms with Crippen molar-refractivity contribution in [3.05, 3.63) is 48.3 Å². The highest BCUT2D eigenvalue weighted by Gasteiger charge is 2.16. The highest BCUT2D eigenvalue weighted by Crippen LogP contribution is 2.33. The second kappa shape index (κ2) is 6.30. The first-order chi connectivity index (χ1) is 11.1. The summed E-state index contributed by atoms with van der Waals surface area (Å²) >= 11 is 0. The predicted octanol–water partition coefficient (Wildman–Crippen LogP) is 3.08. The first-order valence-electron chi connectivity index (χ1n) is 7.47. The van der Waals surface area contributed by atoms with E-state index in [1.807, 2.05) is 42.6 Å². The lowest BCUT2D eigenvalue weighted by molar-refractivity contribution is 0.355. The van der Waals surface area contributed by atoms with Crippen LogP contribution >= 0.6 is 0 Å². The average Bonchev–Trinajstić information content (AvgIpc) is 2.92. The molecule has 120 valence electrons. The van der Waals surface area contributed by atoms with Gasteiger partial charge in [0.25, 0.3) is 0 Å². The Morgan fingerprint density at radius 3 is 2.52 bits per heavy atom. The van der Waals surface area contributed by atoms with E-state index in [9.17, 15) is 0 Å². The molecule has 0 aliphatic heterocycles. The Balaban J connectivity index is 2.19. The van der Waals surface area contributed by atoms with Crippen LogP contribution in [0.2, 0.25) is 0 Å². The zero-order valence-electron chi connectivity index (χ0n) is 13.9. The summed E-state index contributed by atoms with van der Waals surface area (Å²) in [6.45, 7) is 0.800. The Bertz CT molecular complexity index is 824. The molecule has 0 aliphatic rings. The van der Waals surface area contributed by atoms with Crippen LogP contribution in [0.15, 0.2) is 42.6 Å². The summed E-state index contributed by atoms with van der Waals surface area (Å²) in [7, 11) is 7.40. The third-order valence-corrected chi connectivity index (χ3v) is 3.75. The highest BCUT2D eigenvalue weighted by atomic mass is 16.5. The van der Waals surface area contributed by atoms with Gasteiger partial charge < -0.3 is 18.8 Å². The molecule has 3 rings (SSSR count). The van der Waals surface area contributed by atoms with Crippen molar-refractivity contribution in [1.82, 2.24) is 14.3 Å². The van der Waals surface area contributed by atoms with Crippen LogP contribution in [0, 0.1) is 0 Å². The zero-order valence-corrected chi connectivity index (χ0v) is 13.9. The van der Waals surface area contributed by atoms with Gasteiger partial charge in [0.1, 0.15) is 5.65 Å². The summed E-state index contributed by atoms with van der Waals surface area (Å²) in [5, 5.41) is 0. The van der Waals surface area contributed by atoms with Crippen LogP contribution in [-0.2, 0) is 6.54 Å². The zero-order chi connectivity index (χ0) is 16.4. The lowest BCUT2D eigenvalue weighted by atomic mass is 10.1. The third-order valence-electron chi connectivity index (χ3n) is 3.75. The van der Waals surface area contributed by atoms with Gasteiger partial charge in [-0.05, 0) is 44.4 Å². The fraction of sp³-hybridized carbons (Fsp3) is 0.278. The molecule has 0 radical (unpaired) electrons. The fourth-order valence-electron chi connectivity index (χ4n) is 2.71. The molecular weight excluding hydrogens is 290 g/mol. The SMILES string of the molecule is COc1ccc(-c2nc3ccccn3c2CN(C)C)cc1OC. The van der Waals surface area contributed by atoms with Gasteiger partial charge in [-0.25, -0.2) is 4.98 Å². The van der Waals surface area contributed by atoms with E-state index < -0.39 is 0 Å². The normalized spacial score (nSPS) is 11.2. The van der Waals surface area contributed by atoms with Crippen molar-refractivity contribution in [1.29, 1.82) is 0 Å². The number of hydrogen-bond donors (Lipinski definition) is 0. The summed E-state index contributed by atoms with van der Waals surface area (Å²) in [5.74, 6) is 1.42. The Hall–Kier alpha value is -2.53. The van der Waals surface area contributed by atoms with Crippen molar-refractivity contribution < 1.29 is 9.47 Å². The molecule has 0 amide bonds. The fourth-order valence-corrected chi connectivity index (χ4v) is 2.71. The highest BCUT2D eigenvalue weighted by molar-refractivity contribution is 5.69. The maximum atomic E-state index is 5.42. The van der Waals surface area contributed by atoms with Crippen LogP contribution in [0.3, 0.4) is 0 Å². The molecule has 2 aromatic heterocycles. The van der Waals surface area contributed by atoms with Gasteiger partial charge >= 0.3 is 0 Å². The van der Waals surface area contributed by atoms with E-state index in [0.717, 1.165) is 29.1 Å². The minimum absolute atomic E-state index is 0.706. The number of nitrogens with zero attached hydrogens (tertiary/aromatic N) is 3. The van der Waals surface area contributed by atoms with Gasteiger partial charge in [-0.15, -0.1) is 0 Å². The van der Waals surface area contributed by atoms with Crippen molar-refractivity contribution in [2.24, 2.45) is 0 Å². The number of aromatic nitrogens is 2. The van der Waals surface area contributed by atoms with E-state index in [4.69, 9.17) is 14.5 Å². The molecule has 0 bridgehead atoms. The van der Waals surface area contributed by atoms with Crippen LogP contribution < -0.4 is 9.47 Å². The smallest absolute Gasteiger partial charge is 0.161 e. The summed E-state index contributed by atoms with van der Waals surface area (Å²) in [6.07, 6.45) is 2.05. The molecule has 5 nitrogen and oxygen atoms in total. The number of imidazole rings is 1. The number of methoxy groups -OCH3 is 2. The van der Waals surface area contributed by atoms with E-state index in [1.165, 1.54) is 0 Å². The second-order valence-corrected chi connectivity index (χ2v) is 5.64. The molecular formula is C18H21N3O2. The summed E-state index contributed by atoms with van der Waals surface area (Å²) in [6, 6.07) is 11.9. The topological polar surface area (TPSA) is 39.0 Å². The van der Waals surface area contributed by atoms with Gasteiger partial charge in [-0.1, -0.05) is 6.07 Å². The molecule has 0 unspecified atom stereocenters. The van der Waals surface area contributed by atoms with Gasteiger partial charge in [-0.2, -0.15) is 0 Å². The molecule has 3 aromatic rings. The van der Waals surface area contributed by atoms with Crippen LogP contribution in [0.1, 0.15) is 5.69 Å². The van der Waals surface area contributed by atoms with Crippen LogP contribution in [0.25, 0.3) is 16.9 Å². The minimum atomic E-state index is 0.706. The molecule has 1 aromatic carbocycles. The van der Waals surface area contributed by atoms with Crippen molar-refractivity contribution in [3.8, 4) is 22.8 Å². The van der Waals surface area contributed by atoms with E-state index >= 15 is 0 Å². The monoisotopic (exact) mass is 311 g/mol. The molecule has 0 saturated heterocycles. The van der Waals surface area contributed by atoms with Crippen molar-refractivity contribution >= 4 is 5.65 Å². The number of pyridine rings is 1. The Morgan fingerprint density at radius 1 is 1.04 bits per heavy atom. The largest absolute Gasteiger partial charge is 0.493 e. The molecule has 2 heterocycles. The summed E-state index contributed by atoms with van der Waals surface area (Å²) < 4.78 is 12.9. The Kier molecular flexibility index (Phi) is 4.21. The van der Waals surface area contributed by atoms with Crippen molar-refractivity contribution in [2.75, 3.05) is 28.3 Å². The van der Waals surface area contributed by atoms with Crippen LogP contribution in [0.5, 0.6) is 11.5 Å². The quantitative estimate of drug-likeness (QED) is 0.726. The molecule has 5 heteroatoms. The molecule has 0 fully saturated rings. The van der Waals surface area contributed by atoms with E-state index in [-0.39, 0.29) is 0 Å². The van der Waals surface area contributed by atoms with Crippen LogP contribution in [0.4, 0.5) is 0 Å². The summed E-state index contributed by atoms with van der Waals surface area (Å²) in [4.78, 5) is 6.95. The van der Waals surface area contributed by atoms with Crippen LogP contribution in [-0.4, -0.2) is 42.6 Å². The Labute approximate surface area is 136 Å². The van der Waals surface area contributed by atoms with Crippen molar-refractivity contribution in [2.45, 2.75) is 6.54 Å². The molecule has 23 heavy (non-hydrogen) atoms. The number of benzene rings is 1. The van der Waals surface area contributed by atoms with Gasteiger partial charge in [0.15, 0.2) is 11.5 Å². The first-order valence-corrected chi connectivity index (χ1v) is 7.47. The van der Waals surface area contributed by atoms with E-state index in [2.05, 4.69) is 23.4 Å². The lowest BCUT2D eigenvalue weighted by Gasteiger charge is -2.13. The number of rotatable bonds is 5. The van der Waals surface area contributed by atoms with Crippen molar-refractivity contribution in [3.63, 3.8) is 0 Å². The maximum absolute atomic E-state index is 5.42. The number of fused-ring (bicyclic) bond motifs is 1. The third kappa shape index (κ3) is 2.87. The maximum Gasteiger partial charge on any atom is 0.161 e. The molecule has 0 aliphatic carbocycles. The van der Waals surface area contributed by atoms with Gasteiger partial charge in [0.05, 0.1) is 25.6 Å². The van der Waals surface area contributed by atoms with Gasteiger partial charge in [-0.3, -0.25) is 0 Å².